The first-order valence-corrected chi connectivity index (χ1v) is 10.8. The number of benzene rings is 1. The van der Waals surface area contributed by atoms with Crippen molar-refractivity contribution in [1.29, 1.82) is 0 Å². The summed E-state index contributed by atoms with van der Waals surface area (Å²) in [6, 6.07) is 14.0. The number of methoxy groups -OCH3 is 1. The molecule has 0 amide bonds. The SMILES string of the molecule is COC(=O)[C@H](CCSC)N(Cc1ccccc1)c1nc2ccccn2c(=O)c1C=O. The quantitative estimate of drug-likeness (QED) is 0.385. The Labute approximate surface area is 178 Å². The van der Waals surface area contributed by atoms with Gasteiger partial charge in [0.15, 0.2) is 6.29 Å². The highest BCUT2D eigenvalue weighted by Gasteiger charge is 2.31. The molecule has 7 nitrogen and oxygen atoms in total. The van der Waals surface area contributed by atoms with E-state index in [1.807, 2.05) is 36.6 Å². The van der Waals surface area contributed by atoms with Crippen LogP contribution in [0.1, 0.15) is 22.3 Å². The lowest BCUT2D eigenvalue weighted by Gasteiger charge is -2.32. The number of carbonyl (C=O) groups is 2. The molecule has 1 atom stereocenters. The first-order valence-electron chi connectivity index (χ1n) is 9.44. The molecule has 156 valence electrons. The number of rotatable bonds is 9. The van der Waals surface area contributed by atoms with Crippen molar-refractivity contribution in [2.45, 2.75) is 19.0 Å². The molecule has 0 N–H and O–H groups in total. The van der Waals surface area contributed by atoms with E-state index >= 15 is 0 Å². The summed E-state index contributed by atoms with van der Waals surface area (Å²) in [5, 5.41) is 0. The van der Waals surface area contributed by atoms with Crippen LogP contribution in [0.4, 0.5) is 5.82 Å². The van der Waals surface area contributed by atoms with E-state index in [0.29, 0.717) is 30.7 Å². The number of fused-ring (bicyclic) bond motifs is 1. The van der Waals surface area contributed by atoms with Crippen LogP contribution in [0, 0.1) is 0 Å². The van der Waals surface area contributed by atoms with Crippen molar-refractivity contribution in [3.05, 3.63) is 76.2 Å². The number of nitrogens with zero attached hydrogens (tertiary/aromatic N) is 3. The van der Waals surface area contributed by atoms with Crippen molar-refractivity contribution >= 4 is 35.5 Å². The molecule has 0 unspecified atom stereocenters. The maximum atomic E-state index is 13.0. The standard InChI is InChI=1S/C22H23N3O4S/c1-29-22(28)18(11-13-30-2)25(14-16-8-4-3-5-9-16)20-17(15-26)21(27)24-12-7-6-10-19(24)23-20/h3-10,12,15,18H,11,13-14H2,1-2H3/t18-/m0/s1. The zero-order chi connectivity index (χ0) is 21.5. The van der Waals surface area contributed by atoms with Crippen LogP contribution in [0.15, 0.2) is 59.5 Å². The third kappa shape index (κ3) is 4.54. The van der Waals surface area contributed by atoms with Crippen molar-refractivity contribution in [3.63, 3.8) is 0 Å². The fourth-order valence-corrected chi connectivity index (χ4v) is 3.75. The summed E-state index contributed by atoms with van der Waals surface area (Å²) in [5.74, 6) is 0.446. The summed E-state index contributed by atoms with van der Waals surface area (Å²) in [6.45, 7) is 0.297. The largest absolute Gasteiger partial charge is 0.467 e. The van der Waals surface area contributed by atoms with Crippen molar-refractivity contribution in [3.8, 4) is 0 Å². The Kier molecular flexibility index (Phi) is 7.24. The van der Waals surface area contributed by atoms with Gasteiger partial charge in [0.1, 0.15) is 23.1 Å². The summed E-state index contributed by atoms with van der Waals surface area (Å²) >= 11 is 1.60. The number of esters is 1. The fraction of sp³-hybridized carbons (Fsp3) is 0.273. The predicted octanol–water partition coefficient (Wildman–Crippen LogP) is 2.81. The molecule has 0 fully saturated rings. The normalized spacial score (nSPS) is 11.8. The molecule has 3 aromatic rings. The Balaban J connectivity index is 2.21. The highest BCUT2D eigenvalue weighted by molar-refractivity contribution is 7.98. The molecule has 0 spiro atoms. The molecule has 2 aromatic heterocycles. The van der Waals surface area contributed by atoms with Gasteiger partial charge in [-0.2, -0.15) is 11.8 Å². The Hall–Kier alpha value is -3.13. The summed E-state index contributed by atoms with van der Waals surface area (Å²) in [5.41, 5.74) is 0.752. The van der Waals surface area contributed by atoms with Crippen LogP contribution in [0.2, 0.25) is 0 Å². The molecule has 2 heterocycles. The smallest absolute Gasteiger partial charge is 0.328 e. The lowest BCUT2D eigenvalue weighted by molar-refractivity contribution is -0.142. The van der Waals surface area contributed by atoms with Crippen LogP contribution in [0.3, 0.4) is 0 Å². The number of pyridine rings is 1. The van der Waals surface area contributed by atoms with E-state index in [-0.39, 0.29) is 11.4 Å². The fourth-order valence-electron chi connectivity index (χ4n) is 3.29. The second-order valence-electron chi connectivity index (χ2n) is 6.63. The maximum absolute atomic E-state index is 13.0. The monoisotopic (exact) mass is 425 g/mol. The molecule has 3 rings (SSSR count). The number of aldehydes is 1. The number of thioether (sulfide) groups is 1. The second kappa shape index (κ2) is 10.1. The Bertz CT molecular complexity index is 1080. The average molecular weight is 426 g/mol. The molecule has 0 bridgehead atoms. The van der Waals surface area contributed by atoms with E-state index < -0.39 is 17.6 Å². The van der Waals surface area contributed by atoms with E-state index in [1.165, 1.54) is 11.5 Å². The zero-order valence-corrected chi connectivity index (χ0v) is 17.7. The van der Waals surface area contributed by atoms with E-state index in [1.54, 1.807) is 41.1 Å². The highest BCUT2D eigenvalue weighted by atomic mass is 32.2. The topological polar surface area (TPSA) is 81.0 Å². The Morgan fingerprint density at radius 1 is 1.23 bits per heavy atom. The molecule has 0 aliphatic carbocycles. The van der Waals surface area contributed by atoms with Gasteiger partial charge in [-0.05, 0) is 36.1 Å². The van der Waals surface area contributed by atoms with Gasteiger partial charge < -0.3 is 9.64 Å². The van der Waals surface area contributed by atoms with Gasteiger partial charge in [-0.1, -0.05) is 36.4 Å². The van der Waals surface area contributed by atoms with E-state index in [0.717, 1.165) is 5.56 Å². The minimum Gasteiger partial charge on any atom is -0.467 e. The van der Waals surface area contributed by atoms with Gasteiger partial charge in [0, 0.05) is 12.7 Å². The number of hydrogen-bond donors (Lipinski definition) is 0. The first kappa shape index (κ1) is 21.6. The molecular weight excluding hydrogens is 402 g/mol. The van der Waals surface area contributed by atoms with Crippen LogP contribution in [0.5, 0.6) is 0 Å². The third-order valence-corrected chi connectivity index (χ3v) is 5.42. The van der Waals surface area contributed by atoms with E-state index in [9.17, 15) is 14.4 Å². The van der Waals surface area contributed by atoms with Crippen molar-refractivity contribution in [2.75, 3.05) is 24.0 Å². The van der Waals surface area contributed by atoms with Crippen molar-refractivity contribution < 1.29 is 14.3 Å². The number of carbonyl (C=O) groups excluding carboxylic acids is 2. The van der Waals surface area contributed by atoms with Crippen LogP contribution in [0.25, 0.3) is 5.65 Å². The molecule has 1 aromatic carbocycles. The molecule has 0 saturated heterocycles. The van der Waals surface area contributed by atoms with Gasteiger partial charge in [-0.25, -0.2) is 9.78 Å². The van der Waals surface area contributed by atoms with Gasteiger partial charge in [-0.3, -0.25) is 14.0 Å². The zero-order valence-electron chi connectivity index (χ0n) is 16.9. The number of ether oxygens (including phenoxy) is 1. The summed E-state index contributed by atoms with van der Waals surface area (Å²) in [7, 11) is 1.33. The minimum atomic E-state index is -0.695. The summed E-state index contributed by atoms with van der Waals surface area (Å²) < 4.78 is 6.37. The predicted molar refractivity (Wildman–Crippen MR) is 118 cm³/mol. The van der Waals surface area contributed by atoms with E-state index in [4.69, 9.17) is 4.74 Å². The molecule has 30 heavy (non-hydrogen) atoms. The first-order chi connectivity index (χ1) is 14.6. The minimum absolute atomic E-state index is 0.0901. The number of aromatic nitrogens is 2. The second-order valence-corrected chi connectivity index (χ2v) is 7.62. The van der Waals surface area contributed by atoms with Gasteiger partial charge in [0.05, 0.1) is 7.11 Å². The molecule has 0 saturated carbocycles. The molecule has 8 heteroatoms. The van der Waals surface area contributed by atoms with Crippen LogP contribution in [-0.2, 0) is 16.1 Å². The third-order valence-electron chi connectivity index (χ3n) is 4.78. The van der Waals surface area contributed by atoms with E-state index in [2.05, 4.69) is 4.98 Å². The van der Waals surface area contributed by atoms with Crippen LogP contribution >= 0.6 is 11.8 Å². The van der Waals surface area contributed by atoms with Crippen molar-refractivity contribution in [2.24, 2.45) is 0 Å². The number of hydrogen-bond acceptors (Lipinski definition) is 7. The van der Waals surface area contributed by atoms with Gasteiger partial charge in [-0.15, -0.1) is 0 Å². The Morgan fingerprint density at radius 3 is 2.63 bits per heavy atom. The molecule has 0 aliphatic heterocycles. The highest BCUT2D eigenvalue weighted by Crippen LogP contribution is 2.24. The van der Waals surface area contributed by atoms with Gasteiger partial charge >= 0.3 is 5.97 Å². The molecule has 0 aliphatic rings. The average Bonchev–Trinajstić information content (AvgIpc) is 2.79. The summed E-state index contributed by atoms with van der Waals surface area (Å²) in [4.78, 5) is 43.9. The molecular formula is C22H23N3O4S. The number of anilines is 1. The van der Waals surface area contributed by atoms with Crippen LogP contribution < -0.4 is 10.5 Å². The lowest BCUT2D eigenvalue weighted by Crippen LogP contribution is -2.44. The van der Waals surface area contributed by atoms with Crippen molar-refractivity contribution in [1.82, 2.24) is 9.38 Å². The maximum Gasteiger partial charge on any atom is 0.328 e. The van der Waals surface area contributed by atoms with Gasteiger partial charge in [0.2, 0.25) is 0 Å². The van der Waals surface area contributed by atoms with Gasteiger partial charge in [0.25, 0.3) is 5.56 Å². The lowest BCUT2D eigenvalue weighted by atomic mass is 10.1. The van der Waals surface area contributed by atoms with Crippen LogP contribution in [-0.4, -0.2) is 46.8 Å². The summed E-state index contributed by atoms with van der Waals surface area (Å²) in [6.07, 6.45) is 4.50. The molecule has 0 radical (unpaired) electrons. The Morgan fingerprint density at radius 2 is 1.97 bits per heavy atom.